The van der Waals surface area contributed by atoms with Crippen LogP contribution in [0.4, 0.5) is 0 Å². The molecule has 2 aromatic heterocycles. The number of hydrogen-bond donors (Lipinski definition) is 0. The van der Waals surface area contributed by atoms with E-state index in [1.165, 1.54) is 56.9 Å². The molecular formula is C19H25N3O. The highest BCUT2D eigenvalue weighted by Crippen LogP contribution is 2.59. The van der Waals surface area contributed by atoms with Crippen LogP contribution in [0.5, 0.6) is 5.75 Å². The predicted molar refractivity (Wildman–Crippen MR) is 88.7 cm³/mol. The normalized spacial score (nSPS) is 24.9. The van der Waals surface area contributed by atoms with E-state index in [9.17, 15) is 0 Å². The van der Waals surface area contributed by atoms with Crippen LogP contribution in [0.15, 0.2) is 18.6 Å². The third-order valence-corrected chi connectivity index (χ3v) is 6.49. The molecule has 3 aliphatic rings. The van der Waals surface area contributed by atoms with E-state index in [0.717, 1.165) is 23.4 Å². The van der Waals surface area contributed by atoms with Gasteiger partial charge in [0.15, 0.2) is 5.65 Å². The zero-order chi connectivity index (χ0) is 15.5. The molecule has 3 fully saturated rings. The third-order valence-electron chi connectivity index (χ3n) is 6.49. The summed E-state index contributed by atoms with van der Waals surface area (Å²) < 4.78 is 8.38. The van der Waals surface area contributed by atoms with Crippen molar-refractivity contribution in [2.45, 2.75) is 64.2 Å². The molecule has 0 unspecified atom stereocenters. The van der Waals surface area contributed by atoms with Gasteiger partial charge in [-0.1, -0.05) is 6.92 Å². The summed E-state index contributed by atoms with van der Waals surface area (Å²) in [5, 5.41) is 8.18. The van der Waals surface area contributed by atoms with E-state index in [4.69, 9.17) is 4.74 Å². The summed E-state index contributed by atoms with van der Waals surface area (Å²) in [4.78, 5) is 0. The van der Waals surface area contributed by atoms with Gasteiger partial charge in [-0.05, 0) is 62.7 Å². The number of ether oxygens (including phenoxy) is 1. The monoisotopic (exact) mass is 311 g/mol. The molecule has 23 heavy (non-hydrogen) atoms. The lowest BCUT2D eigenvalue weighted by Crippen LogP contribution is -2.31. The minimum Gasteiger partial charge on any atom is -0.493 e. The van der Waals surface area contributed by atoms with Crippen molar-refractivity contribution in [2.24, 2.45) is 10.8 Å². The fraction of sp³-hybridized carbons (Fsp3) is 0.684. The number of pyridine rings is 1. The maximum Gasteiger partial charge on any atom is 0.164 e. The van der Waals surface area contributed by atoms with Gasteiger partial charge in [0.25, 0.3) is 0 Å². The average Bonchev–Trinajstić information content (AvgIpc) is 3.48. The van der Waals surface area contributed by atoms with Crippen molar-refractivity contribution in [1.82, 2.24) is 14.6 Å². The maximum atomic E-state index is 6.37. The summed E-state index contributed by atoms with van der Waals surface area (Å²) in [7, 11) is 0. The van der Waals surface area contributed by atoms with Crippen molar-refractivity contribution >= 4 is 5.65 Å². The van der Waals surface area contributed by atoms with Gasteiger partial charge in [0.05, 0.1) is 6.61 Å². The van der Waals surface area contributed by atoms with Gasteiger partial charge in [0.1, 0.15) is 12.1 Å². The Hall–Kier alpha value is -1.58. The molecular weight excluding hydrogens is 286 g/mol. The quantitative estimate of drug-likeness (QED) is 0.843. The van der Waals surface area contributed by atoms with Crippen LogP contribution in [0.3, 0.4) is 0 Å². The minimum absolute atomic E-state index is 0.342. The molecule has 0 aromatic carbocycles. The number of aromatic nitrogens is 3. The van der Waals surface area contributed by atoms with Gasteiger partial charge in [-0.25, -0.2) is 0 Å². The Kier molecular flexibility index (Phi) is 2.83. The van der Waals surface area contributed by atoms with Crippen LogP contribution in [0.25, 0.3) is 5.65 Å². The highest BCUT2D eigenvalue weighted by Gasteiger charge is 2.48. The summed E-state index contributed by atoms with van der Waals surface area (Å²) in [5.41, 5.74) is 3.32. The first kappa shape index (κ1) is 13.8. The summed E-state index contributed by atoms with van der Waals surface area (Å²) >= 11 is 0. The Morgan fingerprint density at radius 2 is 1.91 bits per heavy atom. The molecule has 0 N–H and O–H groups in total. The predicted octanol–water partition coefficient (Wildman–Crippen LogP) is 4.35. The molecule has 4 nitrogen and oxygen atoms in total. The van der Waals surface area contributed by atoms with E-state index < -0.39 is 0 Å². The van der Waals surface area contributed by atoms with Crippen LogP contribution in [0.2, 0.25) is 0 Å². The SMILES string of the molecule is CC1(COc2cc3nncn3cc2C2CC2)CCC2(CC1)CC2. The van der Waals surface area contributed by atoms with E-state index in [0.29, 0.717) is 11.3 Å². The molecule has 0 aliphatic heterocycles. The fourth-order valence-electron chi connectivity index (χ4n) is 4.15. The van der Waals surface area contributed by atoms with E-state index in [1.54, 1.807) is 6.33 Å². The lowest BCUT2D eigenvalue weighted by Gasteiger charge is -2.37. The van der Waals surface area contributed by atoms with Crippen LogP contribution in [-0.4, -0.2) is 21.2 Å². The largest absolute Gasteiger partial charge is 0.493 e. The summed E-state index contributed by atoms with van der Waals surface area (Å²) in [6.45, 7) is 3.25. The van der Waals surface area contributed by atoms with Crippen molar-refractivity contribution in [1.29, 1.82) is 0 Å². The second-order valence-corrected chi connectivity index (χ2v) is 8.56. The van der Waals surface area contributed by atoms with Crippen molar-refractivity contribution in [3.8, 4) is 5.75 Å². The molecule has 0 amide bonds. The van der Waals surface area contributed by atoms with Gasteiger partial charge in [0.2, 0.25) is 0 Å². The van der Waals surface area contributed by atoms with E-state index in [2.05, 4.69) is 29.4 Å². The first-order valence-electron chi connectivity index (χ1n) is 9.11. The molecule has 0 atom stereocenters. The second kappa shape index (κ2) is 4.71. The van der Waals surface area contributed by atoms with E-state index >= 15 is 0 Å². The lowest BCUT2D eigenvalue weighted by atomic mass is 9.71. The van der Waals surface area contributed by atoms with Crippen LogP contribution in [0, 0.1) is 10.8 Å². The van der Waals surface area contributed by atoms with Crippen molar-refractivity contribution < 1.29 is 4.74 Å². The standard InChI is InChI=1S/C19H25N3O/c1-18(4-6-19(7-5-18)8-9-19)12-23-16-10-17-21-20-13-22(17)11-15(16)14-2-3-14/h10-11,13-14H,2-9,12H2,1H3. The Balaban J connectivity index is 1.35. The molecule has 2 heterocycles. The first-order valence-corrected chi connectivity index (χ1v) is 9.11. The smallest absolute Gasteiger partial charge is 0.164 e. The molecule has 0 saturated heterocycles. The molecule has 122 valence electrons. The molecule has 5 rings (SSSR count). The van der Waals surface area contributed by atoms with Gasteiger partial charge < -0.3 is 4.74 Å². The van der Waals surface area contributed by atoms with Gasteiger partial charge >= 0.3 is 0 Å². The molecule has 4 heteroatoms. The maximum absolute atomic E-state index is 6.37. The number of rotatable bonds is 4. The first-order chi connectivity index (χ1) is 11.1. The van der Waals surface area contributed by atoms with Crippen molar-refractivity contribution in [3.63, 3.8) is 0 Å². The number of fused-ring (bicyclic) bond motifs is 1. The van der Waals surface area contributed by atoms with Gasteiger partial charge in [0, 0.05) is 23.2 Å². The zero-order valence-corrected chi connectivity index (χ0v) is 13.9. The van der Waals surface area contributed by atoms with Gasteiger partial charge in [-0.2, -0.15) is 0 Å². The topological polar surface area (TPSA) is 39.4 Å². The number of nitrogens with zero attached hydrogens (tertiary/aromatic N) is 3. The fourth-order valence-corrected chi connectivity index (χ4v) is 4.15. The number of hydrogen-bond acceptors (Lipinski definition) is 3. The summed E-state index contributed by atoms with van der Waals surface area (Å²) in [6.07, 6.45) is 14.9. The van der Waals surface area contributed by atoms with Crippen LogP contribution in [0.1, 0.15) is 69.8 Å². The average molecular weight is 311 g/mol. The van der Waals surface area contributed by atoms with E-state index in [-0.39, 0.29) is 0 Å². The molecule has 0 radical (unpaired) electrons. The van der Waals surface area contributed by atoms with Crippen LogP contribution >= 0.6 is 0 Å². The van der Waals surface area contributed by atoms with Crippen LogP contribution in [-0.2, 0) is 0 Å². The van der Waals surface area contributed by atoms with Crippen molar-refractivity contribution in [2.75, 3.05) is 6.61 Å². The zero-order valence-electron chi connectivity index (χ0n) is 13.9. The molecule has 0 bridgehead atoms. The molecule has 3 saturated carbocycles. The van der Waals surface area contributed by atoms with E-state index in [1.807, 2.05) is 4.40 Å². The Labute approximate surface area is 137 Å². The molecule has 3 aliphatic carbocycles. The lowest BCUT2D eigenvalue weighted by molar-refractivity contribution is 0.0872. The summed E-state index contributed by atoms with van der Waals surface area (Å²) in [6, 6.07) is 2.08. The van der Waals surface area contributed by atoms with Crippen molar-refractivity contribution in [3.05, 3.63) is 24.2 Å². The summed E-state index contributed by atoms with van der Waals surface area (Å²) in [5.74, 6) is 1.71. The molecule has 2 aromatic rings. The minimum atomic E-state index is 0.342. The highest BCUT2D eigenvalue weighted by atomic mass is 16.5. The van der Waals surface area contributed by atoms with Gasteiger partial charge in [-0.15, -0.1) is 10.2 Å². The van der Waals surface area contributed by atoms with Gasteiger partial charge in [-0.3, -0.25) is 4.40 Å². The Bertz CT molecular complexity index is 732. The Morgan fingerprint density at radius 3 is 2.61 bits per heavy atom. The molecule has 1 spiro atoms. The van der Waals surface area contributed by atoms with Crippen LogP contribution < -0.4 is 4.74 Å². The Morgan fingerprint density at radius 1 is 1.17 bits per heavy atom. The third kappa shape index (κ3) is 2.52. The highest BCUT2D eigenvalue weighted by molar-refractivity contribution is 5.49. The second-order valence-electron chi connectivity index (χ2n) is 8.56.